The molecule has 1 heterocycles. The fraction of sp³-hybridized carbons (Fsp3) is 0.150. The van der Waals surface area contributed by atoms with E-state index in [1.165, 1.54) is 0 Å². The number of hydrogen-bond donors (Lipinski definition) is 1. The van der Waals surface area contributed by atoms with Crippen molar-refractivity contribution in [3.8, 4) is 11.3 Å². The van der Waals surface area contributed by atoms with Gasteiger partial charge in [0.2, 0.25) is 5.91 Å². The Kier molecular flexibility index (Phi) is 6.26. The van der Waals surface area contributed by atoms with Crippen molar-refractivity contribution in [3.63, 3.8) is 0 Å². The Hall–Kier alpha value is -2.37. The zero-order chi connectivity index (χ0) is 18.4. The number of amides is 1. The lowest BCUT2D eigenvalue weighted by Crippen LogP contribution is -2.14. The molecule has 26 heavy (non-hydrogen) atoms. The lowest BCUT2D eigenvalue weighted by atomic mass is 10.1. The van der Waals surface area contributed by atoms with Crippen LogP contribution in [0.3, 0.4) is 0 Å². The standard InChI is InChI=1S/C20H18ClN3OS/c1-2-26-20-11-10-18(23-24-20)15-7-5-8-16(12-15)22-19(25)13-14-6-3-4-9-17(14)21/h3-12H,2,13H2,1H3,(H,22,25). The molecule has 0 bridgehead atoms. The third-order valence-corrected chi connectivity index (χ3v) is 4.85. The predicted molar refractivity (Wildman–Crippen MR) is 108 cm³/mol. The zero-order valence-electron chi connectivity index (χ0n) is 14.3. The first kappa shape index (κ1) is 18.4. The third-order valence-electron chi connectivity index (χ3n) is 3.68. The summed E-state index contributed by atoms with van der Waals surface area (Å²) < 4.78 is 0. The smallest absolute Gasteiger partial charge is 0.228 e. The highest BCUT2D eigenvalue weighted by Gasteiger charge is 2.08. The molecular weight excluding hydrogens is 366 g/mol. The molecule has 0 radical (unpaired) electrons. The molecule has 6 heteroatoms. The number of nitrogens with zero attached hydrogens (tertiary/aromatic N) is 2. The molecule has 0 saturated carbocycles. The zero-order valence-corrected chi connectivity index (χ0v) is 15.8. The largest absolute Gasteiger partial charge is 0.326 e. The molecule has 0 unspecified atom stereocenters. The van der Waals surface area contributed by atoms with Crippen molar-refractivity contribution in [2.75, 3.05) is 11.1 Å². The van der Waals surface area contributed by atoms with Gasteiger partial charge in [0.1, 0.15) is 5.03 Å². The second kappa shape index (κ2) is 8.83. The number of hydrogen-bond acceptors (Lipinski definition) is 4. The quantitative estimate of drug-likeness (QED) is 0.602. The number of anilines is 1. The Labute approximate surface area is 162 Å². The van der Waals surface area contributed by atoms with Gasteiger partial charge in [-0.25, -0.2) is 0 Å². The molecule has 1 N–H and O–H groups in total. The van der Waals surface area contributed by atoms with E-state index in [1.54, 1.807) is 17.8 Å². The minimum atomic E-state index is -0.115. The van der Waals surface area contributed by atoms with E-state index in [9.17, 15) is 4.79 Å². The summed E-state index contributed by atoms with van der Waals surface area (Å²) in [6, 6.07) is 18.8. The van der Waals surface area contributed by atoms with Gasteiger partial charge >= 0.3 is 0 Å². The molecule has 0 saturated heterocycles. The average molecular weight is 384 g/mol. The van der Waals surface area contributed by atoms with Gasteiger partial charge in [-0.3, -0.25) is 4.79 Å². The van der Waals surface area contributed by atoms with E-state index in [4.69, 9.17) is 11.6 Å². The SMILES string of the molecule is CCSc1ccc(-c2cccc(NC(=O)Cc3ccccc3Cl)c2)nn1. The van der Waals surface area contributed by atoms with Gasteiger partial charge in [0, 0.05) is 16.3 Å². The van der Waals surface area contributed by atoms with Gasteiger partial charge in [-0.2, -0.15) is 0 Å². The molecule has 4 nitrogen and oxygen atoms in total. The van der Waals surface area contributed by atoms with E-state index in [-0.39, 0.29) is 12.3 Å². The maximum atomic E-state index is 12.3. The summed E-state index contributed by atoms with van der Waals surface area (Å²) in [6.07, 6.45) is 0.229. The van der Waals surface area contributed by atoms with Crippen LogP contribution in [0.2, 0.25) is 5.02 Å². The maximum Gasteiger partial charge on any atom is 0.228 e. The van der Waals surface area contributed by atoms with Crippen LogP contribution in [0.5, 0.6) is 0 Å². The van der Waals surface area contributed by atoms with Crippen LogP contribution >= 0.6 is 23.4 Å². The lowest BCUT2D eigenvalue weighted by Gasteiger charge is -2.08. The predicted octanol–water partition coefficient (Wildman–Crippen LogP) is 5.09. The van der Waals surface area contributed by atoms with Crippen molar-refractivity contribution in [1.29, 1.82) is 0 Å². The summed E-state index contributed by atoms with van der Waals surface area (Å²) in [5, 5.41) is 12.9. The summed E-state index contributed by atoms with van der Waals surface area (Å²) in [4.78, 5) is 12.3. The second-order valence-corrected chi connectivity index (χ2v) is 7.28. The summed E-state index contributed by atoms with van der Waals surface area (Å²) in [7, 11) is 0. The molecule has 2 aromatic carbocycles. The van der Waals surface area contributed by atoms with Gasteiger partial charge in [-0.05, 0) is 41.6 Å². The van der Waals surface area contributed by atoms with Crippen molar-refractivity contribution < 1.29 is 4.79 Å². The first-order valence-corrected chi connectivity index (χ1v) is 9.62. The summed E-state index contributed by atoms with van der Waals surface area (Å²) in [5.41, 5.74) is 3.19. The van der Waals surface area contributed by atoms with Crippen LogP contribution in [0.4, 0.5) is 5.69 Å². The van der Waals surface area contributed by atoms with Crippen LogP contribution < -0.4 is 5.32 Å². The Bertz CT molecular complexity index is 900. The molecule has 1 aromatic heterocycles. The fourth-order valence-electron chi connectivity index (χ4n) is 2.48. The van der Waals surface area contributed by atoms with Crippen LogP contribution in [0, 0.1) is 0 Å². The lowest BCUT2D eigenvalue weighted by molar-refractivity contribution is -0.115. The van der Waals surface area contributed by atoms with Crippen molar-refractivity contribution in [1.82, 2.24) is 10.2 Å². The number of thioether (sulfide) groups is 1. The van der Waals surface area contributed by atoms with E-state index in [1.807, 2.05) is 54.6 Å². The highest BCUT2D eigenvalue weighted by Crippen LogP contribution is 2.23. The number of nitrogens with one attached hydrogen (secondary N) is 1. The van der Waals surface area contributed by atoms with Crippen molar-refractivity contribution >= 4 is 35.0 Å². The Morgan fingerprint density at radius 3 is 2.65 bits per heavy atom. The summed E-state index contributed by atoms with van der Waals surface area (Å²) in [6.45, 7) is 2.08. The monoisotopic (exact) mass is 383 g/mol. The molecule has 0 atom stereocenters. The van der Waals surface area contributed by atoms with Crippen LogP contribution in [0.1, 0.15) is 12.5 Å². The maximum absolute atomic E-state index is 12.3. The molecule has 0 fully saturated rings. The fourth-order valence-corrected chi connectivity index (χ4v) is 3.24. The van der Waals surface area contributed by atoms with Gasteiger partial charge in [0.15, 0.2) is 0 Å². The molecule has 3 rings (SSSR count). The average Bonchev–Trinajstić information content (AvgIpc) is 2.65. The summed E-state index contributed by atoms with van der Waals surface area (Å²) >= 11 is 7.77. The van der Waals surface area contributed by atoms with Gasteiger partial charge in [-0.15, -0.1) is 22.0 Å². The topological polar surface area (TPSA) is 54.9 Å². The van der Waals surface area contributed by atoms with Gasteiger partial charge < -0.3 is 5.32 Å². The number of carbonyl (C=O) groups excluding carboxylic acids is 1. The minimum Gasteiger partial charge on any atom is -0.326 e. The Morgan fingerprint density at radius 1 is 1.08 bits per heavy atom. The van der Waals surface area contributed by atoms with Gasteiger partial charge in [0.05, 0.1) is 12.1 Å². The highest BCUT2D eigenvalue weighted by atomic mass is 35.5. The van der Waals surface area contributed by atoms with Crippen LogP contribution in [0.25, 0.3) is 11.3 Å². The normalized spacial score (nSPS) is 10.5. The first-order valence-electron chi connectivity index (χ1n) is 8.26. The van der Waals surface area contributed by atoms with E-state index in [0.717, 1.165) is 27.6 Å². The molecule has 0 aliphatic carbocycles. The number of benzene rings is 2. The number of carbonyl (C=O) groups is 1. The minimum absolute atomic E-state index is 0.115. The molecular formula is C20H18ClN3OS. The van der Waals surface area contributed by atoms with Crippen LogP contribution in [-0.2, 0) is 11.2 Å². The van der Waals surface area contributed by atoms with Crippen LogP contribution in [-0.4, -0.2) is 21.9 Å². The van der Waals surface area contributed by atoms with E-state index in [2.05, 4.69) is 22.4 Å². The molecule has 1 amide bonds. The van der Waals surface area contributed by atoms with Crippen molar-refractivity contribution in [2.24, 2.45) is 0 Å². The van der Waals surface area contributed by atoms with Crippen molar-refractivity contribution in [2.45, 2.75) is 18.4 Å². The Morgan fingerprint density at radius 2 is 1.92 bits per heavy atom. The van der Waals surface area contributed by atoms with Gasteiger partial charge in [-0.1, -0.05) is 48.9 Å². The first-order chi connectivity index (χ1) is 12.7. The van der Waals surface area contributed by atoms with Gasteiger partial charge in [0.25, 0.3) is 0 Å². The number of rotatable bonds is 6. The Balaban J connectivity index is 1.71. The summed E-state index contributed by atoms with van der Waals surface area (Å²) in [5.74, 6) is 0.845. The van der Waals surface area contributed by atoms with E-state index in [0.29, 0.717) is 10.7 Å². The molecule has 3 aromatic rings. The van der Waals surface area contributed by atoms with E-state index < -0.39 is 0 Å². The molecule has 0 spiro atoms. The molecule has 0 aliphatic rings. The van der Waals surface area contributed by atoms with E-state index >= 15 is 0 Å². The molecule has 0 aliphatic heterocycles. The number of halogens is 1. The molecule has 132 valence electrons. The third kappa shape index (κ3) is 4.84. The highest BCUT2D eigenvalue weighted by molar-refractivity contribution is 7.99. The number of aromatic nitrogens is 2. The second-order valence-electron chi connectivity index (χ2n) is 5.59. The van der Waals surface area contributed by atoms with Crippen LogP contribution in [0.15, 0.2) is 65.7 Å². The van der Waals surface area contributed by atoms with Crippen molar-refractivity contribution in [3.05, 3.63) is 71.2 Å².